The molecule has 0 aliphatic rings. The first-order valence-corrected chi connectivity index (χ1v) is 19.7. The third-order valence-corrected chi connectivity index (χ3v) is 12.1. The van der Waals surface area contributed by atoms with Crippen LogP contribution < -0.4 is 0 Å². The molecule has 0 unspecified atom stereocenters. The van der Waals surface area contributed by atoms with Crippen LogP contribution in [-0.2, 0) is 0 Å². The molecule has 3 heteroatoms. The molecule has 12 aromatic rings. The van der Waals surface area contributed by atoms with Crippen LogP contribution in [0.25, 0.3) is 115 Å². The lowest BCUT2D eigenvalue weighted by atomic mass is 9.83. The van der Waals surface area contributed by atoms with Crippen LogP contribution in [-0.4, -0.2) is 9.55 Å². The largest absolute Gasteiger partial charge is 0.308 e. The van der Waals surface area contributed by atoms with E-state index in [0.717, 1.165) is 87.6 Å². The van der Waals surface area contributed by atoms with Crippen LogP contribution in [0.5, 0.6) is 0 Å². The molecule has 0 radical (unpaired) electrons. The number of fused-ring (bicyclic) bond motifs is 8. The zero-order chi connectivity index (χ0) is 38.3. The molecule has 0 saturated heterocycles. The fourth-order valence-electron chi connectivity index (χ4n) is 9.53. The smallest absolute Gasteiger partial charge is 0.132 e. The van der Waals surface area contributed by atoms with Crippen LogP contribution in [0.4, 0.5) is 4.39 Å². The highest BCUT2D eigenvalue weighted by Crippen LogP contribution is 2.48. The molecule has 0 aliphatic heterocycles. The molecule has 58 heavy (non-hydrogen) atoms. The van der Waals surface area contributed by atoms with E-state index in [4.69, 9.17) is 0 Å². The molecule has 10 aromatic carbocycles. The van der Waals surface area contributed by atoms with Gasteiger partial charge in [0.15, 0.2) is 0 Å². The molecule has 0 amide bonds. The van der Waals surface area contributed by atoms with Crippen molar-refractivity contribution in [3.8, 4) is 39.1 Å². The zero-order valence-corrected chi connectivity index (χ0v) is 31.3. The first-order valence-electron chi connectivity index (χ1n) is 19.7. The van der Waals surface area contributed by atoms with E-state index in [9.17, 15) is 0 Å². The summed E-state index contributed by atoms with van der Waals surface area (Å²) in [6, 6.07) is 65.9. The minimum Gasteiger partial charge on any atom is -0.308 e. The van der Waals surface area contributed by atoms with E-state index in [1.54, 1.807) is 6.07 Å². The van der Waals surface area contributed by atoms with E-state index >= 15 is 4.39 Å². The number of aromatic nitrogens is 2. The number of pyridine rings is 1. The Balaban J connectivity index is 1.09. The summed E-state index contributed by atoms with van der Waals surface area (Å²) in [5.74, 6) is -0.245. The van der Waals surface area contributed by atoms with E-state index in [2.05, 4.69) is 179 Å². The summed E-state index contributed by atoms with van der Waals surface area (Å²) >= 11 is 0. The molecule has 12 rings (SSSR count). The Morgan fingerprint density at radius 3 is 1.64 bits per heavy atom. The number of benzene rings is 10. The van der Waals surface area contributed by atoms with Gasteiger partial charge in [-0.05, 0) is 131 Å². The van der Waals surface area contributed by atoms with Gasteiger partial charge < -0.3 is 4.57 Å². The molecule has 2 nitrogen and oxygen atoms in total. The van der Waals surface area contributed by atoms with Crippen molar-refractivity contribution in [3.63, 3.8) is 0 Å². The molecular formula is C55H33FN2. The third kappa shape index (κ3) is 4.87. The van der Waals surface area contributed by atoms with Gasteiger partial charge in [-0.15, -0.1) is 0 Å². The lowest BCUT2D eigenvalue weighted by molar-refractivity contribution is 0.633. The standard InChI is InChI=1S/C55H33FN2/c56-50-32-48(37-24-25-51-49(31-37)42-26-27-57-33-52(42)58(51)40-14-2-1-3-15-40)41-16-6-7-17-43(41)55(50)54-46-20-10-8-18-44(46)53(45-19-9-11-21-47(45)54)38-23-22-36-28-34-12-4-5-13-35(34)29-39(36)30-38/h1-33H. The van der Waals surface area contributed by atoms with Gasteiger partial charge in [-0.1, -0.05) is 133 Å². The predicted octanol–water partition coefficient (Wildman–Crippen LogP) is 15.1. The molecule has 0 N–H and O–H groups in total. The number of para-hydroxylation sites is 1. The maximum absolute atomic E-state index is 17.5. The summed E-state index contributed by atoms with van der Waals surface area (Å²) in [6.07, 6.45) is 3.77. The summed E-state index contributed by atoms with van der Waals surface area (Å²) in [5.41, 5.74) is 8.85. The van der Waals surface area contributed by atoms with Crippen molar-refractivity contribution in [2.45, 2.75) is 0 Å². The van der Waals surface area contributed by atoms with E-state index in [0.29, 0.717) is 5.56 Å². The highest BCUT2D eigenvalue weighted by Gasteiger charge is 2.23. The van der Waals surface area contributed by atoms with Gasteiger partial charge in [0.2, 0.25) is 0 Å². The Bertz CT molecular complexity index is 3580. The van der Waals surface area contributed by atoms with E-state index < -0.39 is 0 Å². The minimum absolute atomic E-state index is 0.245. The van der Waals surface area contributed by atoms with E-state index in [1.807, 2.05) is 24.5 Å². The number of halogens is 1. The Kier molecular flexibility index (Phi) is 7.14. The Morgan fingerprint density at radius 2 is 0.931 bits per heavy atom. The van der Waals surface area contributed by atoms with Gasteiger partial charge in [-0.25, -0.2) is 4.39 Å². The lowest BCUT2D eigenvalue weighted by Crippen LogP contribution is -1.96. The molecule has 2 aromatic heterocycles. The summed E-state index contributed by atoms with van der Waals surface area (Å²) in [6.45, 7) is 0. The first kappa shape index (κ1) is 32.6. The monoisotopic (exact) mass is 740 g/mol. The van der Waals surface area contributed by atoms with Crippen LogP contribution in [0, 0.1) is 5.82 Å². The van der Waals surface area contributed by atoms with Crippen molar-refractivity contribution in [3.05, 3.63) is 206 Å². The summed E-state index contributed by atoms with van der Waals surface area (Å²) in [5, 5.41) is 13.2. The number of rotatable bonds is 4. The maximum Gasteiger partial charge on any atom is 0.132 e. The second-order valence-corrected chi connectivity index (χ2v) is 15.2. The molecule has 270 valence electrons. The van der Waals surface area contributed by atoms with Crippen molar-refractivity contribution < 1.29 is 4.39 Å². The van der Waals surface area contributed by atoms with Crippen LogP contribution >= 0.6 is 0 Å². The maximum atomic E-state index is 17.5. The van der Waals surface area contributed by atoms with Gasteiger partial charge in [-0.3, -0.25) is 4.98 Å². The fraction of sp³-hybridized carbons (Fsp3) is 0. The lowest BCUT2D eigenvalue weighted by Gasteiger charge is -2.20. The van der Waals surface area contributed by atoms with E-state index in [1.165, 1.54) is 21.5 Å². The average Bonchev–Trinajstić information content (AvgIpc) is 3.61. The predicted molar refractivity (Wildman–Crippen MR) is 242 cm³/mol. The SMILES string of the molecule is Fc1cc(-c2ccc3c(c2)c2ccncc2n3-c2ccccc2)c2ccccc2c1-c1c2ccccc2c(-c2ccc3cc4ccccc4cc3c2)c2ccccc12. The van der Waals surface area contributed by atoms with Gasteiger partial charge in [0.25, 0.3) is 0 Å². The van der Waals surface area contributed by atoms with Gasteiger partial charge >= 0.3 is 0 Å². The second kappa shape index (κ2) is 12.7. The topological polar surface area (TPSA) is 17.8 Å². The second-order valence-electron chi connectivity index (χ2n) is 15.2. The summed E-state index contributed by atoms with van der Waals surface area (Å²) in [4.78, 5) is 4.48. The van der Waals surface area contributed by atoms with Gasteiger partial charge in [0.1, 0.15) is 5.82 Å². The van der Waals surface area contributed by atoms with Crippen molar-refractivity contribution in [2.24, 2.45) is 0 Å². The highest BCUT2D eigenvalue weighted by molar-refractivity contribution is 6.25. The van der Waals surface area contributed by atoms with Gasteiger partial charge in [0, 0.05) is 33.8 Å². The van der Waals surface area contributed by atoms with Crippen molar-refractivity contribution >= 4 is 75.7 Å². The van der Waals surface area contributed by atoms with Gasteiger partial charge in [-0.2, -0.15) is 0 Å². The van der Waals surface area contributed by atoms with Crippen molar-refractivity contribution in [1.82, 2.24) is 9.55 Å². The van der Waals surface area contributed by atoms with Crippen LogP contribution in [0.1, 0.15) is 0 Å². The molecule has 0 aliphatic carbocycles. The summed E-state index contributed by atoms with van der Waals surface area (Å²) < 4.78 is 19.8. The highest BCUT2D eigenvalue weighted by atomic mass is 19.1. The normalized spacial score (nSPS) is 11.9. The Morgan fingerprint density at radius 1 is 0.362 bits per heavy atom. The third-order valence-electron chi connectivity index (χ3n) is 12.1. The fourth-order valence-corrected chi connectivity index (χ4v) is 9.53. The molecule has 0 atom stereocenters. The van der Waals surface area contributed by atoms with Crippen molar-refractivity contribution in [1.29, 1.82) is 0 Å². The molecule has 0 spiro atoms. The summed E-state index contributed by atoms with van der Waals surface area (Å²) in [7, 11) is 0. The molecule has 2 heterocycles. The van der Waals surface area contributed by atoms with Crippen molar-refractivity contribution in [2.75, 3.05) is 0 Å². The number of hydrogen-bond acceptors (Lipinski definition) is 1. The molecule has 0 bridgehead atoms. The Labute approximate surface area is 333 Å². The van der Waals surface area contributed by atoms with Crippen LogP contribution in [0.2, 0.25) is 0 Å². The molecule has 0 saturated carbocycles. The molecule has 0 fully saturated rings. The first-order chi connectivity index (χ1) is 28.7. The van der Waals surface area contributed by atoms with Gasteiger partial charge in [0.05, 0.1) is 17.2 Å². The average molecular weight is 741 g/mol. The van der Waals surface area contributed by atoms with Crippen LogP contribution in [0.15, 0.2) is 200 Å². The zero-order valence-electron chi connectivity index (χ0n) is 31.3. The van der Waals surface area contributed by atoms with E-state index in [-0.39, 0.29) is 5.82 Å². The molecular weight excluding hydrogens is 708 g/mol. The minimum atomic E-state index is -0.245. The quantitative estimate of drug-likeness (QED) is 0.164. The number of nitrogens with zero attached hydrogens (tertiary/aromatic N) is 2. The van der Waals surface area contributed by atoms with Crippen LogP contribution in [0.3, 0.4) is 0 Å². The number of hydrogen-bond donors (Lipinski definition) is 0. The Hall–Kier alpha value is -7.62.